The maximum absolute atomic E-state index is 12.5. The highest BCUT2D eigenvalue weighted by Crippen LogP contribution is 2.29. The normalized spacial score (nSPS) is 21.8. The number of hydrazone groups is 1. The van der Waals surface area contributed by atoms with Gasteiger partial charge in [-0.3, -0.25) is 4.79 Å². The molecule has 0 spiro atoms. The van der Waals surface area contributed by atoms with Crippen LogP contribution in [0, 0.1) is 5.92 Å². The molecule has 0 radical (unpaired) electrons. The van der Waals surface area contributed by atoms with Crippen LogP contribution in [-0.4, -0.2) is 24.8 Å². The number of amides is 1. The molecule has 0 bridgehead atoms. The lowest BCUT2D eigenvalue weighted by Gasteiger charge is -2.18. The van der Waals surface area contributed by atoms with Crippen LogP contribution >= 0.6 is 23.2 Å². The van der Waals surface area contributed by atoms with E-state index in [0.29, 0.717) is 22.2 Å². The number of hydrazine groups is 1. The molecule has 2 aromatic carbocycles. The van der Waals surface area contributed by atoms with Crippen LogP contribution in [0.3, 0.4) is 0 Å². The van der Waals surface area contributed by atoms with E-state index in [4.69, 9.17) is 27.9 Å². The zero-order chi connectivity index (χ0) is 20.1. The first kappa shape index (κ1) is 20.6. The van der Waals surface area contributed by atoms with E-state index in [1.54, 1.807) is 18.2 Å². The SMILES string of the molecule is CCOc1ccc(C2NNC(C(=O)N/N=C/c3c(Cl)cccc3Cl)C2C)cc1. The minimum atomic E-state index is -0.435. The molecule has 1 amide bonds. The molecule has 8 heteroatoms. The van der Waals surface area contributed by atoms with Crippen molar-refractivity contribution in [1.29, 1.82) is 0 Å². The molecule has 0 saturated carbocycles. The summed E-state index contributed by atoms with van der Waals surface area (Å²) in [6.07, 6.45) is 1.44. The molecule has 1 aliphatic heterocycles. The van der Waals surface area contributed by atoms with Gasteiger partial charge in [-0.15, -0.1) is 0 Å². The number of halogens is 2. The number of ether oxygens (including phenoxy) is 1. The fourth-order valence-corrected chi connectivity index (χ4v) is 3.62. The van der Waals surface area contributed by atoms with Crippen molar-refractivity contribution in [1.82, 2.24) is 16.3 Å². The maximum Gasteiger partial charge on any atom is 0.258 e. The highest BCUT2D eigenvalue weighted by molar-refractivity contribution is 6.38. The molecule has 1 fully saturated rings. The lowest BCUT2D eigenvalue weighted by atomic mass is 9.91. The molecular weight excluding hydrogens is 399 g/mol. The first-order chi connectivity index (χ1) is 13.5. The van der Waals surface area contributed by atoms with Crippen LogP contribution in [0.2, 0.25) is 10.0 Å². The summed E-state index contributed by atoms with van der Waals surface area (Å²) in [5, 5.41) is 4.93. The van der Waals surface area contributed by atoms with Crippen LogP contribution in [0.4, 0.5) is 0 Å². The Morgan fingerprint density at radius 3 is 2.50 bits per heavy atom. The highest BCUT2D eigenvalue weighted by atomic mass is 35.5. The third-order valence-corrected chi connectivity index (χ3v) is 5.31. The molecule has 3 N–H and O–H groups in total. The van der Waals surface area contributed by atoms with Gasteiger partial charge in [0, 0.05) is 11.5 Å². The molecule has 1 aliphatic rings. The van der Waals surface area contributed by atoms with Crippen LogP contribution in [-0.2, 0) is 4.79 Å². The molecular formula is C20H22Cl2N4O2. The van der Waals surface area contributed by atoms with Gasteiger partial charge in [-0.1, -0.05) is 48.3 Å². The van der Waals surface area contributed by atoms with Crippen molar-refractivity contribution in [2.45, 2.75) is 25.9 Å². The standard InChI is InChI=1S/C20H22Cl2N4O2/c1-3-28-14-9-7-13(8-10-14)18-12(2)19(25-24-18)20(27)26-23-11-15-16(21)5-4-6-17(15)22/h4-12,18-19,24-25H,3H2,1-2H3,(H,26,27)/b23-11+. The Kier molecular flexibility index (Phi) is 6.91. The number of rotatable bonds is 6. The van der Waals surface area contributed by atoms with Gasteiger partial charge in [0.25, 0.3) is 5.91 Å². The second kappa shape index (κ2) is 9.39. The summed E-state index contributed by atoms with van der Waals surface area (Å²) in [6.45, 7) is 4.58. The third kappa shape index (κ3) is 4.64. The van der Waals surface area contributed by atoms with E-state index in [1.165, 1.54) is 6.21 Å². The monoisotopic (exact) mass is 420 g/mol. The molecule has 28 heavy (non-hydrogen) atoms. The Bertz CT molecular complexity index is 838. The van der Waals surface area contributed by atoms with Crippen molar-refractivity contribution in [2.24, 2.45) is 11.0 Å². The summed E-state index contributed by atoms with van der Waals surface area (Å²) in [7, 11) is 0. The lowest BCUT2D eigenvalue weighted by molar-refractivity contribution is -0.123. The Balaban J connectivity index is 1.61. The van der Waals surface area contributed by atoms with Crippen molar-refractivity contribution in [3.63, 3.8) is 0 Å². The quantitative estimate of drug-likeness (QED) is 0.491. The minimum absolute atomic E-state index is 0.00609. The Hall–Kier alpha value is -2.12. The summed E-state index contributed by atoms with van der Waals surface area (Å²) < 4.78 is 5.47. The summed E-state index contributed by atoms with van der Waals surface area (Å²) in [4.78, 5) is 12.5. The average molecular weight is 421 g/mol. The first-order valence-corrected chi connectivity index (χ1v) is 9.77. The van der Waals surface area contributed by atoms with Gasteiger partial charge in [0.15, 0.2) is 0 Å². The number of hydrogen-bond donors (Lipinski definition) is 3. The second-order valence-corrected chi connectivity index (χ2v) is 7.29. The van der Waals surface area contributed by atoms with Gasteiger partial charge in [-0.05, 0) is 36.8 Å². The maximum atomic E-state index is 12.5. The minimum Gasteiger partial charge on any atom is -0.494 e. The molecule has 1 heterocycles. The van der Waals surface area contributed by atoms with Crippen molar-refractivity contribution < 1.29 is 9.53 Å². The van der Waals surface area contributed by atoms with E-state index in [9.17, 15) is 4.79 Å². The summed E-state index contributed by atoms with van der Waals surface area (Å²) in [6, 6.07) is 12.6. The molecule has 1 saturated heterocycles. The molecule has 3 unspecified atom stereocenters. The summed E-state index contributed by atoms with van der Waals surface area (Å²) in [5.74, 6) is 0.594. The van der Waals surface area contributed by atoms with Crippen LogP contribution in [0.1, 0.15) is 31.0 Å². The van der Waals surface area contributed by atoms with E-state index in [0.717, 1.165) is 11.3 Å². The van der Waals surface area contributed by atoms with E-state index >= 15 is 0 Å². The highest BCUT2D eigenvalue weighted by Gasteiger charge is 2.37. The Morgan fingerprint density at radius 2 is 1.86 bits per heavy atom. The largest absolute Gasteiger partial charge is 0.494 e. The van der Waals surface area contributed by atoms with Crippen LogP contribution in [0.15, 0.2) is 47.6 Å². The number of carbonyl (C=O) groups excluding carboxylic acids is 1. The predicted molar refractivity (Wildman–Crippen MR) is 112 cm³/mol. The Morgan fingerprint density at radius 1 is 1.18 bits per heavy atom. The number of hydrogen-bond acceptors (Lipinski definition) is 5. The number of nitrogens with zero attached hydrogens (tertiary/aromatic N) is 1. The summed E-state index contributed by atoms with van der Waals surface area (Å²) >= 11 is 12.2. The zero-order valence-corrected chi connectivity index (χ0v) is 17.1. The molecule has 0 aromatic heterocycles. The van der Waals surface area contributed by atoms with Crippen LogP contribution < -0.4 is 21.0 Å². The molecule has 2 aromatic rings. The molecule has 3 rings (SSSR count). The Labute approximate surface area is 174 Å². The molecule has 148 valence electrons. The molecule has 6 nitrogen and oxygen atoms in total. The fourth-order valence-electron chi connectivity index (χ4n) is 3.13. The van der Waals surface area contributed by atoms with Gasteiger partial charge in [0.05, 0.1) is 28.9 Å². The van der Waals surface area contributed by atoms with Gasteiger partial charge in [-0.25, -0.2) is 16.3 Å². The smallest absolute Gasteiger partial charge is 0.258 e. The first-order valence-electron chi connectivity index (χ1n) is 9.02. The van der Waals surface area contributed by atoms with Gasteiger partial charge in [0.1, 0.15) is 11.8 Å². The molecule has 3 atom stereocenters. The van der Waals surface area contributed by atoms with Gasteiger partial charge < -0.3 is 4.74 Å². The van der Waals surface area contributed by atoms with Crippen molar-refractivity contribution in [2.75, 3.05) is 6.61 Å². The number of carbonyl (C=O) groups is 1. The van der Waals surface area contributed by atoms with Crippen LogP contribution in [0.25, 0.3) is 0 Å². The third-order valence-electron chi connectivity index (χ3n) is 4.65. The predicted octanol–water partition coefficient (Wildman–Crippen LogP) is 3.70. The second-order valence-electron chi connectivity index (χ2n) is 6.47. The lowest BCUT2D eigenvalue weighted by Crippen LogP contribution is -2.43. The van der Waals surface area contributed by atoms with Crippen molar-refractivity contribution in [3.05, 3.63) is 63.6 Å². The molecule has 0 aliphatic carbocycles. The van der Waals surface area contributed by atoms with Crippen molar-refractivity contribution in [3.8, 4) is 5.75 Å². The van der Waals surface area contributed by atoms with Crippen molar-refractivity contribution >= 4 is 35.3 Å². The van der Waals surface area contributed by atoms with E-state index in [-0.39, 0.29) is 17.9 Å². The van der Waals surface area contributed by atoms with E-state index < -0.39 is 6.04 Å². The van der Waals surface area contributed by atoms with Gasteiger partial charge in [0.2, 0.25) is 0 Å². The van der Waals surface area contributed by atoms with Gasteiger partial charge >= 0.3 is 0 Å². The topological polar surface area (TPSA) is 74.8 Å². The average Bonchev–Trinajstić information content (AvgIpc) is 3.06. The summed E-state index contributed by atoms with van der Waals surface area (Å²) in [5.41, 5.74) is 10.4. The fraction of sp³-hybridized carbons (Fsp3) is 0.300. The van der Waals surface area contributed by atoms with E-state index in [2.05, 4.69) is 21.4 Å². The number of benzene rings is 2. The zero-order valence-electron chi connectivity index (χ0n) is 15.6. The van der Waals surface area contributed by atoms with E-state index in [1.807, 2.05) is 38.1 Å². The van der Waals surface area contributed by atoms with Crippen LogP contribution in [0.5, 0.6) is 5.75 Å². The number of nitrogens with one attached hydrogen (secondary N) is 3. The van der Waals surface area contributed by atoms with Gasteiger partial charge in [-0.2, -0.15) is 5.10 Å².